The molecule has 2 heterocycles. The summed E-state index contributed by atoms with van der Waals surface area (Å²) in [5, 5.41) is 16.4. The van der Waals surface area contributed by atoms with Crippen LogP contribution in [0.25, 0.3) is 0 Å². The highest BCUT2D eigenvalue weighted by atomic mass is 32.1. The number of carbonyl (C=O) groups is 2. The van der Waals surface area contributed by atoms with Crippen molar-refractivity contribution in [3.63, 3.8) is 0 Å². The first-order valence-corrected chi connectivity index (χ1v) is 12.6. The molecule has 3 aliphatic rings. The van der Waals surface area contributed by atoms with E-state index in [9.17, 15) is 22.8 Å². The highest BCUT2D eigenvalue weighted by Crippen LogP contribution is 2.44. The molecule has 0 aliphatic heterocycles. The SMILES string of the molecule is CCNc1nnc(C(F)(F)F)n1C1CCc2sc(NC(=O)C3CC3)c(C(=O)NCC3CC3)c2C1. The normalized spacial score (nSPS) is 20.1. The van der Waals surface area contributed by atoms with Gasteiger partial charge in [-0.2, -0.15) is 13.2 Å². The van der Waals surface area contributed by atoms with Crippen molar-refractivity contribution in [2.75, 3.05) is 23.7 Å². The van der Waals surface area contributed by atoms with Gasteiger partial charge in [-0.05, 0) is 63.4 Å². The van der Waals surface area contributed by atoms with Crippen molar-refractivity contribution in [2.45, 2.75) is 64.1 Å². The minimum absolute atomic E-state index is 0.0247. The molecule has 3 N–H and O–H groups in total. The van der Waals surface area contributed by atoms with Crippen molar-refractivity contribution >= 4 is 34.1 Å². The summed E-state index contributed by atoms with van der Waals surface area (Å²) in [7, 11) is 0. The molecule has 0 radical (unpaired) electrons. The quantitative estimate of drug-likeness (QED) is 0.513. The third-order valence-electron chi connectivity index (χ3n) is 6.54. The molecular weight excluding hydrogens is 469 g/mol. The van der Waals surface area contributed by atoms with Crippen molar-refractivity contribution in [1.82, 2.24) is 20.1 Å². The smallest absolute Gasteiger partial charge is 0.355 e. The van der Waals surface area contributed by atoms with Crippen LogP contribution in [0.4, 0.5) is 24.1 Å². The highest BCUT2D eigenvalue weighted by molar-refractivity contribution is 7.17. The summed E-state index contributed by atoms with van der Waals surface area (Å²) in [6.45, 7) is 2.75. The molecule has 0 spiro atoms. The Morgan fingerprint density at radius 3 is 2.56 bits per heavy atom. The molecule has 2 amide bonds. The third kappa shape index (κ3) is 4.64. The van der Waals surface area contributed by atoms with Gasteiger partial charge in [0.05, 0.1) is 5.56 Å². The van der Waals surface area contributed by atoms with Crippen LogP contribution in [0.3, 0.4) is 0 Å². The van der Waals surface area contributed by atoms with Gasteiger partial charge >= 0.3 is 6.18 Å². The first-order chi connectivity index (χ1) is 16.3. The van der Waals surface area contributed by atoms with Crippen LogP contribution < -0.4 is 16.0 Å². The standard InChI is InChI=1S/C22H27F3N6O2S/c1-2-26-21-30-29-20(22(23,24)25)31(21)13-7-8-15-14(9-13)16(18(33)27-10-11-3-4-11)19(34-15)28-17(32)12-5-6-12/h11-13H,2-10H2,1H3,(H,26,30)(H,27,33)(H,28,32). The van der Waals surface area contributed by atoms with Gasteiger partial charge in [0.25, 0.3) is 5.91 Å². The van der Waals surface area contributed by atoms with E-state index in [1.165, 1.54) is 11.3 Å². The fourth-order valence-corrected chi connectivity index (χ4v) is 5.67. The predicted molar refractivity (Wildman–Crippen MR) is 121 cm³/mol. The summed E-state index contributed by atoms with van der Waals surface area (Å²) >= 11 is 1.37. The van der Waals surface area contributed by atoms with E-state index in [-0.39, 0.29) is 30.1 Å². The van der Waals surface area contributed by atoms with Crippen molar-refractivity contribution in [3.05, 3.63) is 21.8 Å². The zero-order chi connectivity index (χ0) is 24.0. The van der Waals surface area contributed by atoms with Gasteiger partial charge in [-0.15, -0.1) is 21.5 Å². The molecule has 1 unspecified atom stereocenters. The minimum atomic E-state index is -4.65. The van der Waals surface area contributed by atoms with Crippen molar-refractivity contribution in [3.8, 4) is 0 Å². The number of amides is 2. The van der Waals surface area contributed by atoms with Gasteiger partial charge in [-0.3, -0.25) is 14.2 Å². The maximum absolute atomic E-state index is 13.7. The van der Waals surface area contributed by atoms with E-state index in [1.807, 2.05) is 0 Å². The molecule has 1 atom stereocenters. The second kappa shape index (κ2) is 8.86. The number of rotatable bonds is 8. The number of halogens is 3. The molecule has 12 heteroatoms. The molecule has 5 rings (SSSR count). The Morgan fingerprint density at radius 2 is 1.91 bits per heavy atom. The molecule has 2 aromatic heterocycles. The number of alkyl halides is 3. The third-order valence-corrected chi connectivity index (χ3v) is 7.75. The molecule has 34 heavy (non-hydrogen) atoms. The van der Waals surface area contributed by atoms with E-state index in [4.69, 9.17) is 0 Å². The maximum atomic E-state index is 13.7. The zero-order valence-corrected chi connectivity index (χ0v) is 19.6. The van der Waals surface area contributed by atoms with Gasteiger partial charge in [-0.1, -0.05) is 0 Å². The van der Waals surface area contributed by atoms with E-state index >= 15 is 0 Å². The number of hydrogen-bond donors (Lipinski definition) is 3. The van der Waals surface area contributed by atoms with Crippen LogP contribution in [0.5, 0.6) is 0 Å². The monoisotopic (exact) mass is 496 g/mol. The Labute approximate surface area is 198 Å². The lowest BCUT2D eigenvalue weighted by Crippen LogP contribution is -2.29. The maximum Gasteiger partial charge on any atom is 0.451 e. The fourth-order valence-electron chi connectivity index (χ4n) is 4.43. The van der Waals surface area contributed by atoms with Crippen LogP contribution in [0.1, 0.15) is 71.7 Å². The van der Waals surface area contributed by atoms with E-state index in [1.54, 1.807) is 6.92 Å². The molecule has 2 aromatic rings. The number of aromatic nitrogens is 3. The van der Waals surface area contributed by atoms with Gasteiger partial charge in [0.15, 0.2) is 0 Å². The molecule has 2 fully saturated rings. The molecular formula is C22H27F3N6O2S. The number of anilines is 2. The van der Waals surface area contributed by atoms with Gasteiger partial charge in [0.2, 0.25) is 17.7 Å². The summed E-state index contributed by atoms with van der Waals surface area (Å²) < 4.78 is 42.3. The number of nitrogens with one attached hydrogen (secondary N) is 3. The summed E-state index contributed by atoms with van der Waals surface area (Å²) in [6.07, 6.45) is 0.375. The van der Waals surface area contributed by atoms with E-state index in [2.05, 4.69) is 26.1 Å². The number of nitrogens with zero attached hydrogens (tertiary/aromatic N) is 3. The first-order valence-electron chi connectivity index (χ1n) is 11.8. The fraction of sp³-hybridized carbons (Fsp3) is 0.636. The summed E-state index contributed by atoms with van der Waals surface area (Å²) in [5.74, 6) is -0.899. The number of hydrogen-bond acceptors (Lipinski definition) is 6. The Kier molecular flexibility index (Phi) is 6.03. The Hall–Kier alpha value is -2.63. The van der Waals surface area contributed by atoms with E-state index in [0.717, 1.165) is 35.1 Å². The molecule has 0 bridgehead atoms. The Balaban J connectivity index is 1.48. The van der Waals surface area contributed by atoms with E-state index < -0.39 is 18.0 Å². The lowest BCUT2D eigenvalue weighted by atomic mass is 9.90. The largest absolute Gasteiger partial charge is 0.451 e. The predicted octanol–water partition coefficient (Wildman–Crippen LogP) is 4.01. The minimum Gasteiger partial charge on any atom is -0.355 e. The molecule has 0 saturated heterocycles. The Bertz CT molecular complexity index is 1100. The molecule has 2 saturated carbocycles. The first kappa shape index (κ1) is 23.1. The molecule has 0 aromatic carbocycles. The van der Waals surface area contributed by atoms with Gasteiger partial charge in [-0.25, -0.2) is 0 Å². The van der Waals surface area contributed by atoms with E-state index in [0.29, 0.717) is 48.0 Å². The van der Waals surface area contributed by atoms with Crippen LogP contribution in [-0.2, 0) is 23.8 Å². The van der Waals surface area contributed by atoms with Gasteiger partial charge < -0.3 is 16.0 Å². The number of thiophene rings is 1. The van der Waals surface area contributed by atoms with Crippen molar-refractivity contribution in [2.24, 2.45) is 11.8 Å². The molecule has 184 valence electrons. The summed E-state index contributed by atoms with van der Waals surface area (Å²) in [4.78, 5) is 26.6. The van der Waals surface area contributed by atoms with Crippen LogP contribution in [-0.4, -0.2) is 39.7 Å². The summed E-state index contributed by atoms with van der Waals surface area (Å²) in [6, 6.07) is -0.565. The molecule has 3 aliphatic carbocycles. The molecule has 8 nitrogen and oxygen atoms in total. The lowest BCUT2D eigenvalue weighted by Gasteiger charge is -2.27. The second-order valence-corrected chi connectivity index (χ2v) is 10.4. The zero-order valence-electron chi connectivity index (χ0n) is 18.8. The Morgan fingerprint density at radius 1 is 1.15 bits per heavy atom. The van der Waals surface area contributed by atoms with Crippen molar-refractivity contribution in [1.29, 1.82) is 0 Å². The highest BCUT2D eigenvalue weighted by Gasteiger charge is 2.42. The number of fused-ring (bicyclic) bond motifs is 1. The van der Waals surface area contributed by atoms with Gasteiger partial charge in [0, 0.05) is 29.9 Å². The second-order valence-electron chi connectivity index (χ2n) is 9.27. The topological polar surface area (TPSA) is 101 Å². The van der Waals surface area contributed by atoms with Crippen LogP contribution >= 0.6 is 11.3 Å². The number of aryl methyl sites for hydroxylation is 1. The van der Waals surface area contributed by atoms with Crippen molar-refractivity contribution < 1.29 is 22.8 Å². The van der Waals surface area contributed by atoms with Crippen LogP contribution in [0, 0.1) is 11.8 Å². The van der Waals surface area contributed by atoms with Crippen LogP contribution in [0.15, 0.2) is 0 Å². The summed E-state index contributed by atoms with van der Waals surface area (Å²) in [5.41, 5.74) is 1.11. The van der Waals surface area contributed by atoms with Crippen LogP contribution in [0.2, 0.25) is 0 Å². The number of carbonyl (C=O) groups excluding carboxylic acids is 2. The average molecular weight is 497 g/mol. The average Bonchev–Trinajstić information content (AvgIpc) is 3.71. The lowest BCUT2D eigenvalue weighted by molar-refractivity contribution is -0.148. The van der Waals surface area contributed by atoms with Gasteiger partial charge in [0.1, 0.15) is 5.00 Å².